The topological polar surface area (TPSA) is 124 Å². The normalized spacial score (nSPS) is 21.0. The predicted octanol–water partition coefficient (Wildman–Crippen LogP) is 7.34. The predicted molar refractivity (Wildman–Crippen MR) is 209 cm³/mol. The van der Waals surface area contributed by atoms with Gasteiger partial charge in [0.05, 0.1) is 30.2 Å². The summed E-state index contributed by atoms with van der Waals surface area (Å²) in [5.41, 5.74) is 0.629. The molecule has 2 aromatic rings. The summed E-state index contributed by atoms with van der Waals surface area (Å²) < 4.78 is 10.8. The summed E-state index contributed by atoms with van der Waals surface area (Å²) in [7, 11) is -1.10. The van der Waals surface area contributed by atoms with Crippen molar-refractivity contribution in [3.05, 3.63) is 82.2 Å². The Kier molecular flexibility index (Phi) is 17.4. The van der Waals surface area contributed by atoms with Crippen LogP contribution >= 0.6 is 0 Å². The van der Waals surface area contributed by atoms with E-state index in [1.54, 1.807) is 24.3 Å². The average molecular weight is 765 g/mol. The molecule has 0 saturated heterocycles. The van der Waals surface area contributed by atoms with Gasteiger partial charge < -0.3 is 9.47 Å². The lowest BCUT2D eigenvalue weighted by molar-refractivity contribution is -0.208. The number of benzene rings is 2. The molecule has 0 aromatic heterocycles. The first-order valence-electron chi connectivity index (χ1n) is 19.4. The van der Waals surface area contributed by atoms with Crippen molar-refractivity contribution >= 4 is 53.7 Å². The molecule has 2 aliphatic rings. The number of ether oxygens (including phenoxy) is 2. The second-order valence-electron chi connectivity index (χ2n) is 14.2. The molecule has 2 aromatic carbocycles. The maximum Gasteiger partial charge on any atom is 0.550 e. The molecule has 12 heteroatoms. The quantitative estimate of drug-likeness (QED) is 0.0836. The molecule has 2 aliphatic carbocycles. The van der Waals surface area contributed by atoms with E-state index in [9.17, 15) is 19.2 Å². The fraction of sp³-hybridized carbons (Fsp3) is 0.512. The second kappa shape index (κ2) is 22.1. The molecule has 0 atom stereocenters. The van der Waals surface area contributed by atoms with Crippen molar-refractivity contribution in [3.63, 3.8) is 0 Å². The Morgan fingerprint density at radius 3 is 1.23 bits per heavy atom. The zero-order valence-electron chi connectivity index (χ0n) is 31.8. The van der Waals surface area contributed by atoms with Crippen LogP contribution in [0.3, 0.4) is 0 Å². The van der Waals surface area contributed by atoms with Crippen molar-refractivity contribution in [2.24, 2.45) is 11.8 Å². The SMILES string of the molecule is CCC=C(CC)[SiH2]c1ccc(C(=O)OOC(=O)OC2CCC(CC3CCC(OC(=O)OOC(=O)c4ccc([SiH2]C(=CCC)CC)cc4)CC3)CC2)cc1. The molecule has 0 aliphatic heterocycles. The molecule has 288 valence electrons. The third kappa shape index (κ3) is 14.3. The van der Waals surface area contributed by atoms with Gasteiger partial charge in [-0.25, -0.2) is 29.1 Å². The van der Waals surface area contributed by atoms with E-state index in [1.165, 1.54) is 20.8 Å². The summed E-state index contributed by atoms with van der Waals surface area (Å²) in [6.45, 7) is 8.59. The lowest BCUT2D eigenvalue weighted by Gasteiger charge is -2.33. The molecule has 2 fully saturated rings. The van der Waals surface area contributed by atoms with Gasteiger partial charge in [-0.1, -0.05) is 84.9 Å². The molecule has 53 heavy (non-hydrogen) atoms. The van der Waals surface area contributed by atoms with E-state index >= 15 is 0 Å². The fourth-order valence-electron chi connectivity index (χ4n) is 7.30. The van der Waals surface area contributed by atoms with Gasteiger partial charge in [-0.2, -0.15) is 9.59 Å². The minimum absolute atomic E-state index is 0.280. The highest BCUT2D eigenvalue weighted by atomic mass is 28.2. The Labute approximate surface area is 318 Å². The minimum atomic E-state index is -1.01. The van der Waals surface area contributed by atoms with Crippen molar-refractivity contribution < 1.29 is 48.2 Å². The lowest BCUT2D eigenvalue weighted by atomic mass is 9.76. The Hall–Kier alpha value is -4.17. The van der Waals surface area contributed by atoms with Gasteiger partial charge in [-0.15, -0.1) is 0 Å². The maximum absolute atomic E-state index is 12.4. The summed E-state index contributed by atoms with van der Waals surface area (Å²) in [5.74, 6) is -0.438. The monoisotopic (exact) mass is 764 g/mol. The van der Waals surface area contributed by atoms with Crippen molar-refractivity contribution in [2.45, 2.75) is 123 Å². The van der Waals surface area contributed by atoms with E-state index in [2.05, 4.69) is 49.6 Å². The second-order valence-corrected chi connectivity index (χ2v) is 18.3. The molecule has 0 unspecified atom stereocenters. The first-order chi connectivity index (χ1) is 25.7. The standard InChI is InChI=1S/C41H56O10Si2/c1-5-9-34(7-3)52-36-23-15-30(16-24-36)38(42)48-50-40(44)46-32-19-11-28(12-20-32)27-29-13-21-33(22-14-29)47-41(45)51-49-39(43)31-17-25-37(26-18-31)53-35(8-4)10-6-2/h9-10,15-18,23-26,28-29,32-33H,5-8,11-14,19-22,27,52-53H2,1-4H3. The Morgan fingerprint density at radius 2 is 0.906 bits per heavy atom. The average Bonchev–Trinajstić information content (AvgIpc) is 3.17. The fourth-order valence-corrected chi connectivity index (χ4v) is 10.7. The van der Waals surface area contributed by atoms with E-state index in [4.69, 9.17) is 19.2 Å². The number of allylic oxidation sites excluding steroid dienone is 4. The smallest absolute Gasteiger partial charge is 0.428 e. The van der Waals surface area contributed by atoms with Gasteiger partial charge in [0.25, 0.3) is 0 Å². The number of carbonyl (C=O) groups is 4. The van der Waals surface area contributed by atoms with Gasteiger partial charge in [0.2, 0.25) is 0 Å². The van der Waals surface area contributed by atoms with Crippen molar-refractivity contribution in [1.29, 1.82) is 0 Å². The summed E-state index contributed by atoms with van der Waals surface area (Å²) in [6.07, 6.45) is 13.8. The summed E-state index contributed by atoms with van der Waals surface area (Å²) in [4.78, 5) is 68.1. The van der Waals surface area contributed by atoms with Gasteiger partial charge in [-0.05, 0) is 120 Å². The number of hydrogen-bond acceptors (Lipinski definition) is 10. The van der Waals surface area contributed by atoms with Crippen molar-refractivity contribution in [2.75, 3.05) is 0 Å². The van der Waals surface area contributed by atoms with Crippen LogP contribution in [-0.4, -0.2) is 55.5 Å². The molecule has 0 spiro atoms. The maximum atomic E-state index is 12.4. The largest absolute Gasteiger partial charge is 0.550 e. The van der Waals surface area contributed by atoms with E-state index < -0.39 is 43.3 Å². The van der Waals surface area contributed by atoms with Crippen LogP contribution in [0.1, 0.15) is 132 Å². The van der Waals surface area contributed by atoms with Crippen LogP contribution in [0.25, 0.3) is 0 Å². The van der Waals surface area contributed by atoms with Gasteiger partial charge in [0.1, 0.15) is 12.2 Å². The summed E-state index contributed by atoms with van der Waals surface area (Å²) in [5, 5.41) is 5.44. The molecule has 0 radical (unpaired) electrons. The van der Waals surface area contributed by atoms with Gasteiger partial charge in [0, 0.05) is 0 Å². The highest BCUT2D eigenvalue weighted by Crippen LogP contribution is 2.37. The Balaban J connectivity index is 1.06. The molecule has 0 heterocycles. The van der Waals surface area contributed by atoms with Gasteiger partial charge >= 0.3 is 24.2 Å². The molecular weight excluding hydrogens is 709 g/mol. The number of hydrogen-bond donors (Lipinski definition) is 0. The molecular formula is C41H56O10Si2. The lowest BCUT2D eigenvalue weighted by Crippen LogP contribution is -2.28. The highest BCUT2D eigenvalue weighted by molar-refractivity contribution is 6.61. The first kappa shape index (κ1) is 41.6. The Bertz CT molecular complexity index is 1420. The van der Waals surface area contributed by atoms with Crippen LogP contribution in [0.4, 0.5) is 9.59 Å². The molecule has 0 bridgehead atoms. The van der Waals surface area contributed by atoms with Crippen LogP contribution in [0, 0.1) is 11.8 Å². The van der Waals surface area contributed by atoms with Crippen molar-refractivity contribution in [1.82, 2.24) is 0 Å². The minimum Gasteiger partial charge on any atom is -0.428 e. The van der Waals surface area contributed by atoms with Crippen LogP contribution in [0.5, 0.6) is 0 Å². The first-order valence-corrected chi connectivity index (χ1v) is 22.2. The zero-order valence-corrected chi connectivity index (χ0v) is 34.6. The molecule has 10 nitrogen and oxygen atoms in total. The van der Waals surface area contributed by atoms with Crippen LogP contribution < -0.4 is 10.4 Å². The van der Waals surface area contributed by atoms with Crippen molar-refractivity contribution in [3.8, 4) is 0 Å². The van der Waals surface area contributed by atoms with E-state index in [1.807, 2.05) is 24.3 Å². The highest BCUT2D eigenvalue weighted by Gasteiger charge is 2.30. The van der Waals surface area contributed by atoms with E-state index in [0.717, 1.165) is 83.5 Å². The third-order valence-electron chi connectivity index (χ3n) is 10.3. The summed E-state index contributed by atoms with van der Waals surface area (Å²) >= 11 is 0. The molecule has 2 saturated carbocycles. The van der Waals surface area contributed by atoms with E-state index in [0.29, 0.717) is 23.0 Å². The Morgan fingerprint density at radius 1 is 0.547 bits per heavy atom. The van der Waals surface area contributed by atoms with Gasteiger partial charge in [0.15, 0.2) is 0 Å². The van der Waals surface area contributed by atoms with Crippen LogP contribution in [0.2, 0.25) is 0 Å². The van der Waals surface area contributed by atoms with E-state index in [-0.39, 0.29) is 12.2 Å². The zero-order chi connectivity index (χ0) is 38.0. The van der Waals surface area contributed by atoms with Crippen LogP contribution in [-0.2, 0) is 29.0 Å². The van der Waals surface area contributed by atoms with Gasteiger partial charge in [-0.3, -0.25) is 0 Å². The third-order valence-corrected chi connectivity index (χ3v) is 14.5. The number of rotatable bonds is 14. The number of carbonyl (C=O) groups excluding carboxylic acids is 4. The molecule has 0 amide bonds. The molecule has 0 N–H and O–H groups in total. The summed E-state index contributed by atoms with van der Waals surface area (Å²) in [6, 6.07) is 14.5. The molecule has 4 rings (SSSR count). The van der Waals surface area contributed by atoms with Crippen LogP contribution in [0.15, 0.2) is 71.1 Å².